The van der Waals surface area contributed by atoms with Crippen LogP contribution in [0.15, 0.2) is 53.4 Å². The van der Waals surface area contributed by atoms with Crippen molar-refractivity contribution in [3.8, 4) is 5.75 Å². The molecule has 0 bridgehead atoms. The maximum absolute atomic E-state index is 12.7. The first-order valence-electron chi connectivity index (χ1n) is 5.45. The maximum atomic E-state index is 12.7. The molecule has 0 fully saturated rings. The van der Waals surface area contributed by atoms with Crippen molar-refractivity contribution in [2.45, 2.75) is 11.5 Å². The van der Waals surface area contributed by atoms with Gasteiger partial charge in [0.25, 0.3) is 0 Å². The number of halogens is 1. The Bertz CT molecular complexity index is 669. The SMILES string of the molecule is NS(=O)(=O)c1cccc(OCc2ccc(F)cc2)c1. The number of benzene rings is 2. The van der Waals surface area contributed by atoms with E-state index < -0.39 is 10.0 Å². The molecule has 2 aromatic carbocycles. The summed E-state index contributed by atoms with van der Waals surface area (Å²) in [4.78, 5) is -0.0101. The van der Waals surface area contributed by atoms with E-state index in [-0.39, 0.29) is 17.3 Å². The van der Waals surface area contributed by atoms with Gasteiger partial charge < -0.3 is 4.74 Å². The van der Waals surface area contributed by atoms with Gasteiger partial charge in [-0.1, -0.05) is 18.2 Å². The van der Waals surface area contributed by atoms with Crippen LogP contribution in [0.4, 0.5) is 4.39 Å². The van der Waals surface area contributed by atoms with Crippen LogP contribution >= 0.6 is 0 Å². The Hall–Kier alpha value is -1.92. The zero-order valence-electron chi connectivity index (χ0n) is 9.91. The minimum absolute atomic E-state index is 0.0101. The van der Waals surface area contributed by atoms with Crippen LogP contribution in [0.25, 0.3) is 0 Å². The van der Waals surface area contributed by atoms with Crippen molar-refractivity contribution in [2.75, 3.05) is 0 Å². The summed E-state index contributed by atoms with van der Waals surface area (Å²) in [5.41, 5.74) is 0.780. The van der Waals surface area contributed by atoms with Gasteiger partial charge in [0.1, 0.15) is 18.2 Å². The first kappa shape index (κ1) is 13.5. The fourth-order valence-corrected chi connectivity index (χ4v) is 2.04. The van der Waals surface area contributed by atoms with E-state index in [1.54, 1.807) is 24.3 Å². The van der Waals surface area contributed by atoms with E-state index in [1.807, 2.05) is 0 Å². The van der Waals surface area contributed by atoms with Crippen molar-refractivity contribution >= 4 is 10.0 Å². The maximum Gasteiger partial charge on any atom is 0.238 e. The fourth-order valence-electron chi connectivity index (χ4n) is 1.49. The predicted molar refractivity (Wildman–Crippen MR) is 68.5 cm³/mol. The summed E-state index contributed by atoms with van der Waals surface area (Å²) in [5, 5.41) is 5.02. The Morgan fingerprint density at radius 1 is 1.11 bits per heavy atom. The number of nitrogens with two attached hydrogens (primary N) is 1. The Morgan fingerprint density at radius 3 is 2.42 bits per heavy atom. The first-order chi connectivity index (χ1) is 8.95. The highest BCUT2D eigenvalue weighted by molar-refractivity contribution is 7.89. The summed E-state index contributed by atoms with van der Waals surface area (Å²) in [7, 11) is -3.74. The minimum atomic E-state index is -3.74. The molecule has 100 valence electrons. The summed E-state index contributed by atoms with van der Waals surface area (Å²) < 4.78 is 40.5. The van der Waals surface area contributed by atoms with Crippen LogP contribution in [0.1, 0.15) is 5.56 Å². The molecule has 4 nitrogen and oxygen atoms in total. The molecule has 19 heavy (non-hydrogen) atoms. The summed E-state index contributed by atoms with van der Waals surface area (Å²) in [5.74, 6) is 0.0656. The molecule has 0 heterocycles. The topological polar surface area (TPSA) is 69.4 Å². The van der Waals surface area contributed by atoms with Gasteiger partial charge in [0, 0.05) is 6.07 Å². The lowest BCUT2D eigenvalue weighted by atomic mass is 10.2. The largest absolute Gasteiger partial charge is 0.489 e. The lowest BCUT2D eigenvalue weighted by molar-refractivity contribution is 0.305. The quantitative estimate of drug-likeness (QED) is 0.932. The average Bonchev–Trinajstić information content (AvgIpc) is 2.37. The zero-order valence-corrected chi connectivity index (χ0v) is 10.7. The predicted octanol–water partition coefficient (Wildman–Crippen LogP) is 2.05. The zero-order chi connectivity index (χ0) is 13.9. The fraction of sp³-hybridized carbons (Fsp3) is 0.0769. The van der Waals surface area contributed by atoms with Gasteiger partial charge in [-0.3, -0.25) is 0 Å². The molecule has 0 unspecified atom stereocenters. The standard InChI is InChI=1S/C13H12FNO3S/c14-11-6-4-10(5-7-11)9-18-12-2-1-3-13(8-12)19(15,16)17/h1-8H,9H2,(H2,15,16,17). The van der Waals surface area contributed by atoms with E-state index in [1.165, 1.54) is 24.3 Å². The van der Waals surface area contributed by atoms with Crippen LogP contribution in [-0.4, -0.2) is 8.42 Å². The van der Waals surface area contributed by atoms with Crippen LogP contribution < -0.4 is 9.88 Å². The normalized spacial score (nSPS) is 11.3. The van der Waals surface area contributed by atoms with E-state index in [4.69, 9.17) is 9.88 Å². The van der Waals surface area contributed by atoms with Crippen molar-refractivity contribution in [1.82, 2.24) is 0 Å². The van der Waals surface area contributed by atoms with Gasteiger partial charge in [-0.25, -0.2) is 17.9 Å². The second-order valence-electron chi connectivity index (χ2n) is 3.94. The van der Waals surface area contributed by atoms with Crippen molar-refractivity contribution in [3.63, 3.8) is 0 Å². The van der Waals surface area contributed by atoms with Crippen molar-refractivity contribution in [3.05, 3.63) is 59.9 Å². The molecule has 0 aromatic heterocycles. The van der Waals surface area contributed by atoms with Gasteiger partial charge in [0.15, 0.2) is 0 Å². The van der Waals surface area contributed by atoms with Crippen LogP contribution in [0.2, 0.25) is 0 Å². The van der Waals surface area contributed by atoms with Gasteiger partial charge in [0.05, 0.1) is 4.90 Å². The lowest BCUT2D eigenvalue weighted by Gasteiger charge is -2.07. The molecule has 0 aliphatic rings. The number of primary sulfonamides is 1. The van der Waals surface area contributed by atoms with Gasteiger partial charge in [-0.05, 0) is 29.8 Å². The Morgan fingerprint density at radius 2 is 1.79 bits per heavy atom. The highest BCUT2D eigenvalue weighted by Gasteiger charge is 2.08. The lowest BCUT2D eigenvalue weighted by Crippen LogP contribution is -2.12. The molecule has 0 spiro atoms. The molecular weight excluding hydrogens is 269 g/mol. The van der Waals surface area contributed by atoms with E-state index in [2.05, 4.69) is 0 Å². The smallest absolute Gasteiger partial charge is 0.238 e. The number of ether oxygens (including phenoxy) is 1. The Kier molecular flexibility index (Phi) is 3.82. The summed E-state index contributed by atoms with van der Waals surface area (Å²) in [6, 6.07) is 11.8. The van der Waals surface area contributed by atoms with E-state index >= 15 is 0 Å². The van der Waals surface area contributed by atoms with E-state index in [0.29, 0.717) is 5.75 Å². The average molecular weight is 281 g/mol. The van der Waals surface area contributed by atoms with Crippen LogP contribution in [-0.2, 0) is 16.6 Å². The molecule has 6 heteroatoms. The monoisotopic (exact) mass is 281 g/mol. The number of hydrogen-bond acceptors (Lipinski definition) is 3. The Labute approximate surface area is 110 Å². The molecule has 0 radical (unpaired) electrons. The number of hydrogen-bond donors (Lipinski definition) is 1. The first-order valence-corrected chi connectivity index (χ1v) is 7.00. The third kappa shape index (κ3) is 3.77. The van der Waals surface area contributed by atoms with Crippen molar-refractivity contribution < 1.29 is 17.5 Å². The molecule has 0 saturated heterocycles. The molecule has 0 saturated carbocycles. The molecule has 0 amide bonds. The van der Waals surface area contributed by atoms with Crippen LogP contribution in [0.3, 0.4) is 0 Å². The molecular formula is C13H12FNO3S. The highest BCUT2D eigenvalue weighted by atomic mass is 32.2. The molecule has 0 atom stereocenters. The molecule has 2 aromatic rings. The van der Waals surface area contributed by atoms with Gasteiger partial charge in [0.2, 0.25) is 10.0 Å². The molecule has 0 aliphatic carbocycles. The van der Waals surface area contributed by atoms with Crippen LogP contribution in [0.5, 0.6) is 5.75 Å². The third-order valence-corrected chi connectivity index (χ3v) is 3.36. The number of sulfonamides is 1. The summed E-state index contributed by atoms with van der Waals surface area (Å²) in [6.07, 6.45) is 0. The molecule has 2 rings (SSSR count). The second-order valence-corrected chi connectivity index (χ2v) is 5.50. The second kappa shape index (κ2) is 5.38. The number of rotatable bonds is 4. The van der Waals surface area contributed by atoms with Crippen molar-refractivity contribution in [2.24, 2.45) is 5.14 Å². The minimum Gasteiger partial charge on any atom is -0.489 e. The van der Waals surface area contributed by atoms with E-state index in [9.17, 15) is 12.8 Å². The van der Waals surface area contributed by atoms with Gasteiger partial charge >= 0.3 is 0 Å². The molecule has 2 N–H and O–H groups in total. The van der Waals surface area contributed by atoms with E-state index in [0.717, 1.165) is 5.56 Å². The van der Waals surface area contributed by atoms with Gasteiger partial charge in [-0.2, -0.15) is 0 Å². The third-order valence-electron chi connectivity index (χ3n) is 2.45. The van der Waals surface area contributed by atoms with Crippen molar-refractivity contribution in [1.29, 1.82) is 0 Å². The highest BCUT2D eigenvalue weighted by Crippen LogP contribution is 2.17. The van der Waals surface area contributed by atoms with Crippen LogP contribution in [0, 0.1) is 5.82 Å². The molecule has 0 aliphatic heterocycles. The van der Waals surface area contributed by atoms with Gasteiger partial charge in [-0.15, -0.1) is 0 Å². The Balaban J connectivity index is 2.10. The summed E-state index contributed by atoms with van der Waals surface area (Å²) in [6.45, 7) is 0.217. The summed E-state index contributed by atoms with van der Waals surface area (Å²) >= 11 is 0.